The lowest BCUT2D eigenvalue weighted by Gasteiger charge is -2.07. The van der Waals surface area contributed by atoms with E-state index in [0.717, 1.165) is 11.6 Å². The zero-order valence-corrected chi connectivity index (χ0v) is 10.7. The number of nitrogens with zero attached hydrogens (tertiary/aromatic N) is 1. The molecule has 1 heterocycles. The molecule has 1 aromatic carbocycles. The molecule has 18 heavy (non-hydrogen) atoms. The molecule has 2 aromatic rings. The Kier molecular flexibility index (Phi) is 3.88. The summed E-state index contributed by atoms with van der Waals surface area (Å²) in [5.41, 5.74) is 6.25. The normalized spacial score (nSPS) is 10.4. The summed E-state index contributed by atoms with van der Waals surface area (Å²) in [6.45, 7) is 0.314. The largest absolute Gasteiger partial charge is 0.436 e. The molecule has 2 rings (SSSR count). The standard InChI is InChI=1S/C12H9BrF2N2O/c13-8-4-9(14)12(15)10(5-8)18-11-3-7(6-16)1-2-17-11/h1-5H,6,16H2. The molecule has 6 heteroatoms. The van der Waals surface area contributed by atoms with Gasteiger partial charge in [0.25, 0.3) is 0 Å². The summed E-state index contributed by atoms with van der Waals surface area (Å²) in [7, 11) is 0. The van der Waals surface area contributed by atoms with E-state index in [2.05, 4.69) is 20.9 Å². The van der Waals surface area contributed by atoms with Gasteiger partial charge in [0, 0.05) is 23.3 Å². The monoisotopic (exact) mass is 314 g/mol. The van der Waals surface area contributed by atoms with Gasteiger partial charge in [0.05, 0.1) is 0 Å². The smallest absolute Gasteiger partial charge is 0.219 e. The predicted molar refractivity (Wildman–Crippen MR) is 66.3 cm³/mol. The van der Waals surface area contributed by atoms with Crippen LogP contribution in [0, 0.1) is 11.6 Å². The van der Waals surface area contributed by atoms with Gasteiger partial charge in [0.15, 0.2) is 11.6 Å². The minimum Gasteiger partial charge on any atom is -0.436 e. The Bertz CT molecular complexity index is 578. The summed E-state index contributed by atoms with van der Waals surface area (Å²) in [5.74, 6) is -2.12. The Hall–Kier alpha value is -1.53. The van der Waals surface area contributed by atoms with Crippen LogP contribution in [0.25, 0.3) is 0 Å². The van der Waals surface area contributed by atoms with Gasteiger partial charge in [-0.15, -0.1) is 0 Å². The Labute approximate surface area is 111 Å². The van der Waals surface area contributed by atoms with Crippen LogP contribution in [-0.4, -0.2) is 4.98 Å². The molecule has 0 atom stereocenters. The first-order chi connectivity index (χ1) is 8.60. The minimum absolute atomic E-state index is 0.161. The fraction of sp³-hybridized carbons (Fsp3) is 0.0833. The van der Waals surface area contributed by atoms with Crippen molar-refractivity contribution in [3.8, 4) is 11.6 Å². The number of aromatic nitrogens is 1. The molecule has 0 radical (unpaired) electrons. The van der Waals surface area contributed by atoms with E-state index in [-0.39, 0.29) is 11.6 Å². The average molecular weight is 315 g/mol. The van der Waals surface area contributed by atoms with Crippen molar-refractivity contribution in [2.75, 3.05) is 0 Å². The van der Waals surface area contributed by atoms with Crippen molar-refractivity contribution in [3.63, 3.8) is 0 Å². The summed E-state index contributed by atoms with van der Waals surface area (Å²) >= 11 is 3.06. The van der Waals surface area contributed by atoms with Crippen molar-refractivity contribution in [1.29, 1.82) is 0 Å². The van der Waals surface area contributed by atoms with Crippen LogP contribution in [0.5, 0.6) is 11.6 Å². The maximum Gasteiger partial charge on any atom is 0.219 e. The lowest BCUT2D eigenvalue weighted by atomic mass is 10.3. The van der Waals surface area contributed by atoms with Crippen molar-refractivity contribution in [2.45, 2.75) is 6.54 Å². The molecule has 0 spiro atoms. The first-order valence-corrected chi connectivity index (χ1v) is 5.87. The molecule has 0 amide bonds. The number of rotatable bonds is 3. The van der Waals surface area contributed by atoms with Crippen LogP contribution in [-0.2, 0) is 6.54 Å². The minimum atomic E-state index is -1.06. The molecule has 94 valence electrons. The molecule has 1 aromatic heterocycles. The highest BCUT2D eigenvalue weighted by Gasteiger charge is 2.12. The second-order valence-electron chi connectivity index (χ2n) is 3.51. The maximum absolute atomic E-state index is 13.5. The van der Waals surface area contributed by atoms with Crippen LogP contribution in [0.15, 0.2) is 34.9 Å². The number of halogens is 3. The third kappa shape index (κ3) is 2.83. The Morgan fingerprint density at radius 2 is 2.06 bits per heavy atom. The highest BCUT2D eigenvalue weighted by molar-refractivity contribution is 9.10. The third-order valence-corrected chi connectivity index (χ3v) is 2.67. The van der Waals surface area contributed by atoms with Crippen LogP contribution in [0.1, 0.15) is 5.56 Å². The lowest BCUT2D eigenvalue weighted by molar-refractivity contribution is 0.404. The molecule has 0 aliphatic carbocycles. The summed E-state index contributed by atoms with van der Waals surface area (Å²) < 4.78 is 32.2. The van der Waals surface area contributed by atoms with Crippen molar-refractivity contribution < 1.29 is 13.5 Å². The summed E-state index contributed by atoms with van der Waals surface area (Å²) in [4.78, 5) is 3.90. The Balaban J connectivity index is 2.33. The average Bonchev–Trinajstić information content (AvgIpc) is 2.35. The van der Waals surface area contributed by atoms with E-state index < -0.39 is 11.6 Å². The van der Waals surface area contributed by atoms with Gasteiger partial charge in [-0.1, -0.05) is 15.9 Å². The number of benzene rings is 1. The Morgan fingerprint density at radius 1 is 1.28 bits per heavy atom. The number of nitrogens with two attached hydrogens (primary N) is 1. The molecule has 2 N–H and O–H groups in total. The number of hydrogen-bond donors (Lipinski definition) is 1. The first-order valence-electron chi connectivity index (χ1n) is 5.07. The first kappa shape index (κ1) is 12.9. The van der Waals surface area contributed by atoms with Gasteiger partial charge in [-0.25, -0.2) is 9.37 Å². The molecule has 0 saturated carbocycles. The van der Waals surface area contributed by atoms with Gasteiger partial charge in [-0.2, -0.15) is 4.39 Å². The predicted octanol–water partition coefficient (Wildman–Crippen LogP) is 3.37. The SMILES string of the molecule is NCc1ccnc(Oc2cc(Br)cc(F)c2F)c1. The van der Waals surface area contributed by atoms with Crippen LogP contribution >= 0.6 is 15.9 Å². The Morgan fingerprint density at radius 3 is 2.78 bits per heavy atom. The van der Waals surface area contributed by atoms with Crippen molar-refractivity contribution >= 4 is 15.9 Å². The van der Waals surface area contributed by atoms with Gasteiger partial charge in [0.2, 0.25) is 11.7 Å². The highest BCUT2D eigenvalue weighted by atomic mass is 79.9. The third-order valence-electron chi connectivity index (χ3n) is 2.21. The number of ether oxygens (including phenoxy) is 1. The molecular weight excluding hydrogens is 306 g/mol. The van der Waals surface area contributed by atoms with Gasteiger partial charge < -0.3 is 10.5 Å². The van der Waals surface area contributed by atoms with E-state index >= 15 is 0 Å². The second-order valence-corrected chi connectivity index (χ2v) is 4.42. The zero-order valence-electron chi connectivity index (χ0n) is 9.16. The zero-order chi connectivity index (χ0) is 13.1. The molecule has 0 aliphatic heterocycles. The van der Waals surface area contributed by atoms with E-state index in [1.54, 1.807) is 12.1 Å². The van der Waals surface area contributed by atoms with Crippen LogP contribution in [0.4, 0.5) is 8.78 Å². The van der Waals surface area contributed by atoms with Crippen molar-refractivity contribution in [3.05, 3.63) is 52.1 Å². The molecule has 0 aliphatic rings. The lowest BCUT2D eigenvalue weighted by Crippen LogP contribution is -1.98. The molecule has 0 bridgehead atoms. The summed E-state index contributed by atoms with van der Waals surface area (Å²) in [6, 6.07) is 5.63. The topological polar surface area (TPSA) is 48.1 Å². The fourth-order valence-corrected chi connectivity index (χ4v) is 1.76. The molecule has 0 saturated heterocycles. The van der Waals surface area contributed by atoms with Crippen LogP contribution < -0.4 is 10.5 Å². The van der Waals surface area contributed by atoms with Gasteiger partial charge >= 0.3 is 0 Å². The quantitative estimate of drug-likeness (QED) is 0.884. The van der Waals surface area contributed by atoms with E-state index in [1.807, 2.05) is 0 Å². The van der Waals surface area contributed by atoms with Gasteiger partial charge in [0.1, 0.15) is 0 Å². The van der Waals surface area contributed by atoms with Gasteiger partial charge in [-0.3, -0.25) is 0 Å². The molecular formula is C12H9BrF2N2O. The fourth-order valence-electron chi connectivity index (χ4n) is 1.35. The van der Waals surface area contributed by atoms with Gasteiger partial charge in [-0.05, 0) is 23.8 Å². The van der Waals surface area contributed by atoms with Crippen molar-refractivity contribution in [2.24, 2.45) is 5.73 Å². The maximum atomic E-state index is 13.5. The van der Waals surface area contributed by atoms with E-state index in [4.69, 9.17) is 10.5 Å². The molecule has 0 unspecified atom stereocenters. The van der Waals surface area contributed by atoms with Crippen LogP contribution in [0.2, 0.25) is 0 Å². The van der Waals surface area contributed by atoms with E-state index in [1.165, 1.54) is 12.3 Å². The highest BCUT2D eigenvalue weighted by Crippen LogP contribution is 2.28. The molecule has 0 fully saturated rings. The number of pyridine rings is 1. The van der Waals surface area contributed by atoms with Crippen LogP contribution in [0.3, 0.4) is 0 Å². The number of hydrogen-bond acceptors (Lipinski definition) is 3. The van der Waals surface area contributed by atoms with E-state index in [9.17, 15) is 8.78 Å². The second kappa shape index (κ2) is 5.41. The van der Waals surface area contributed by atoms with Crippen molar-refractivity contribution in [1.82, 2.24) is 4.98 Å². The summed E-state index contributed by atoms with van der Waals surface area (Å²) in [6.07, 6.45) is 1.49. The van der Waals surface area contributed by atoms with E-state index in [0.29, 0.717) is 11.0 Å². The summed E-state index contributed by atoms with van der Waals surface area (Å²) in [5, 5.41) is 0. The molecule has 3 nitrogen and oxygen atoms in total.